The van der Waals surface area contributed by atoms with Gasteiger partial charge in [-0.15, -0.1) is 0 Å². The molecule has 2 fully saturated rings. The standard InChI is InChI=1S/C18H26FN3O2/c1-24-17-6-5-15(19)11-16(17)20-18(23)22-10-7-14(13-22)12-21-8-3-2-4-9-21/h5-6,11,14H,2-4,7-10,12-13H2,1H3,(H,20,23)/t14-/m1/s1. The van der Waals surface area contributed by atoms with Gasteiger partial charge in [-0.2, -0.15) is 0 Å². The van der Waals surface area contributed by atoms with E-state index in [0.717, 1.165) is 26.1 Å². The molecule has 6 heteroatoms. The smallest absolute Gasteiger partial charge is 0.321 e. The van der Waals surface area contributed by atoms with Gasteiger partial charge >= 0.3 is 6.03 Å². The van der Waals surface area contributed by atoms with E-state index >= 15 is 0 Å². The molecule has 2 saturated heterocycles. The number of halogens is 1. The van der Waals surface area contributed by atoms with Crippen LogP contribution in [0.25, 0.3) is 0 Å². The monoisotopic (exact) mass is 335 g/mol. The van der Waals surface area contributed by atoms with Gasteiger partial charge in [0.15, 0.2) is 0 Å². The number of anilines is 1. The first-order valence-electron chi connectivity index (χ1n) is 8.77. The van der Waals surface area contributed by atoms with E-state index in [-0.39, 0.29) is 6.03 Å². The van der Waals surface area contributed by atoms with E-state index in [1.807, 2.05) is 4.90 Å². The van der Waals surface area contributed by atoms with E-state index in [2.05, 4.69) is 10.2 Å². The lowest BCUT2D eigenvalue weighted by molar-refractivity contribution is 0.192. The number of methoxy groups -OCH3 is 1. The first-order valence-corrected chi connectivity index (χ1v) is 8.77. The van der Waals surface area contributed by atoms with Crippen LogP contribution in [0, 0.1) is 11.7 Å². The number of carbonyl (C=O) groups excluding carboxylic acids is 1. The summed E-state index contributed by atoms with van der Waals surface area (Å²) in [6.07, 6.45) is 4.95. The van der Waals surface area contributed by atoms with E-state index in [1.54, 1.807) is 0 Å². The maximum atomic E-state index is 13.4. The first kappa shape index (κ1) is 17.0. The highest BCUT2D eigenvalue weighted by molar-refractivity contribution is 5.91. The Labute approximate surface area is 142 Å². The normalized spacial score (nSPS) is 21.8. The average Bonchev–Trinajstić information content (AvgIpc) is 3.05. The summed E-state index contributed by atoms with van der Waals surface area (Å²) in [6.45, 7) is 4.96. The summed E-state index contributed by atoms with van der Waals surface area (Å²) in [5.41, 5.74) is 0.377. The molecule has 0 saturated carbocycles. The Kier molecular flexibility index (Phi) is 5.56. The number of likely N-dealkylation sites (tertiary alicyclic amines) is 2. The van der Waals surface area contributed by atoms with Gasteiger partial charge in [0, 0.05) is 25.7 Å². The van der Waals surface area contributed by atoms with Crippen molar-refractivity contribution in [3.63, 3.8) is 0 Å². The number of nitrogens with zero attached hydrogens (tertiary/aromatic N) is 2. The number of urea groups is 1. The van der Waals surface area contributed by atoms with Gasteiger partial charge in [-0.3, -0.25) is 0 Å². The summed E-state index contributed by atoms with van der Waals surface area (Å²) in [7, 11) is 1.51. The molecular formula is C18H26FN3O2. The highest BCUT2D eigenvalue weighted by Crippen LogP contribution is 2.26. The van der Waals surface area contributed by atoms with Crippen LogP contribution in [0.1, 0.15) is 25.7 Å². The Balaban J connectivity index is 1.53. The lowest BCUT2D eigenvalue weighted by atomic mass is 10.1. The second-order valence-corrected chi connectivity index (χ2v) is 6.74. The minimum absolute atomic E-state index is 0.181. The molecule has 5 nitrogen and oxygen atoms in total. The average molecular weight is 335 g/mol. The SMILES string of the molecule is COc1ccc(F)cc1NC(=O)N1CC[C@H](CN2CCCCC2)C1. The number of ether oxygens (including phenoxy) is 1. The van der Waals surface area contributed by atoms with Crippen molar-refractivity contribution < 1.29 is 13.9 Å². The van der Waals surface area contributed by atoms with Crippen LogP contribution in [0.4, 0.5) is 14.9 Å². The molecule has 3 rings (SSSR count). The third-order valence-electron chi connectivity index (χ3n) is 4.94. The summed E-state index contributed by atoms with van der Waals surface area (Å²) in [4.78, 5) is 16.8. The minimum Gasteiger partial charge on any atom is -0.495 e. The number of amides is 2. The summed E-state index contributed by atoms with van der Waals surface area (Å²) < 4.78 is 18.6. The van der Waals surface area contributed by atoms with Gasteiger partial charge < -0.3 is 19.9 Å². The van der Waals surface area contributed by atoms with Crippen LogP contribution in [0.2, 0.25) is 0 Å². The third-order valence-corrected chi connectivity index (χ3v) is 4.94. The molecule has 0 radical (unpaired) electrons. The van der Waals surface area contributed by atoms with E-state index in [1.165, 1.54) is 57.7 Å². The molecule has 2 aliphatic rings. The van der Waals surface area contributed by atoms with Gasteiger partial charge in [0.05, 0.1) is 12.8 Å². The van der Waals surface area contributed by atoms with Crippen LogP contribution in [0.15, 0.2) is 18.2 Å². The molecule has 0 aromatic heterocycles. The molecule has 2 heterocycles. The lowest BCUT2D eigenvalue weighted by Crippen LogP contribution is -2.37. The molecule has 1 aromatic carbocycles. The van der Waals surface area contributed by atoms with Crippen molar-refractivity contribution in [1.82, 2.24) is 9.80 Å². The number of piperidine rings is 1. The molecule has 1 atom stereocenters. The van der Waals surface area contributed by atoms with Crippen LogP contribution in [-0.4, -0.2) is 55.7 Å². The fourth-order valence-corrected chi connectivity index (χ4v) is 3.65. The molecule has 24 heavy (non-hydrogen) atoms. The molecule has 2 amide bonds. The lowest BCUT2D eigenvalue weighted by Gasteiger charge is -2.29. The quantitative estimate of drug-likeness (QED) is 0.919. The molecule has 0 spiro atoms. The number of benzene rings is 1. The summed E-state index contributed by atoms with van der Waals surface area (Å²) >= 11 is 0. The maximum Gasteiger partial charge on any atom is 0.321 e. The van der Waals surface area contributed by atoms with Gasteiger partial charge in [-0.1, -0.05) is 6.42 Å². The molecule has 1 N–H and O–H groups in total. The van der Waals surface area contributed by atoms with Crippen molar-refractivity contribution in [3.05, 3.63) is 24.0 Å². The molecule has 132 valence electrons. The summed E-state index contributed by atoms with van der Waals surface area (Å²) in [6, 6.07) is 3.95. The largest absolute Gasteiger partial charge is 0.495 e. The molecule has 0 bridgehead atoms. The predicted octanol–water partition coefficient (Wildman–Crippen LogP) is 3.17. The number of carbonyl (C=O) groups is 1. The van der Waals surface area contributed by atoms with Crippen molar-refractivity contribution in [2.24, 2.45) is 5.92 Å². The van der Waals surface area contributed by atoms with Crippen LogP contribution in [-0.2, 0) is 0 Å². The summed E-state index contributed by atoms with van der Waals surface area (Å²) in [5.74, 6) is 0.604. The zero-order valence-electron chi connectivity index (χ0n) is 14.3. The third kappa shape index (κ3) is 4.17. The molecule has 1 aromatic rings. The van der Waals surface area contributed by atoms with E-state index in [4.69, 9.17) is 4.74 Å². The van der Waals surface area contributed by atoms with Gasteiger partial charge in [-0.05, 0) is 50.4 Å². The van der Waals surface area contributed by atoms with Gasteiger partial charge in [-0.25, -0.2) is 9.18 Å². The Morgan fingerprint density at radius 2 is 2.08 bits per heavy atom. The molecule has 2 aliphatic heterocycles. The van der Waals surface area contributed by atoms with E-state index in [9.17, 15) is 9.18 Å². The van der Waals surface area contributed by atoms with Crippen LogP contribution >= 0.6 is 0 Å². The highest BCUT2D eigenvalue weighted by atomic mass is 19.1. The minimum atomic E-state index is -0.393. The zero-order valence-corrected chi connectivity index (χ0v) is 14.3. The number of nitrogens with one attached hydrogen (secondary N) is 1. The molecule has 0 unspecified atom stereocenters. The van der Waals surface area contributed by atoms with Crippen LogP contribution in [0.3, 0.4) is 0 Å². The number of hydrogen-bond acceptors (Lipinski definition) is 3. The Morgan fingerprint density at radius 1 is 1.29 bits per heavy atom. The number of hydrogen-bond donors (Lipinski definition) is 1. The van der Waals surface area contributed by atoms with E-state index in [0.29, 0.717) is 17.4 Å². The second-order valence-electron chi connectivity index (χ2n) is 6.74. The Bertz CT molecular complexity index is 575. The van der Waals surface area contributed by atoms with Crippen LogP contribution < -0.4 is 10.1 Å². The topological polar surface area (TPSA) is 44.8 Å². The van der Waals surface area contributed by atoms with Gasteiger partial charge in [0.2, 0.25) is 0 Å². The highest BCUT2D eigenvalue weighted by Gasteiger charge is 2.28. The van der Waals surface area contributed by atoms with Crippen molar-refractivity contribution in [1.29, 1.82) is 0 Å². The second kappa shape index (κ2) is 7.83. The predicted molar refractivity (Wildman–Crippen MR) is 91.9 cm³/mol. The Hall–Kier alpha value is -1.82. The fraction of sp³-hybridized carbons (Fsp3) is 0.611. The van der Waals surface area contributed by atoms with Crippen molar-refractivity contribution in [3.8, 4) is 5.75 Å². The fourth-order valence-electron chi connectivity index (χ4n) is 3.65. The van der Waals surface area contributed by atoms with Crippen molar-refractivity contribution in [2.75, 3.05) is 45.2 Å². The van der Waals surface area contributed by atoms with Crippen molar-refractivity contribution in [2.45, 2.75) is 25.7 Å². The zero-order chi connectivity index (χ0) is 16.9. The maximum absolute atomic E-state index is 13.4. The van der Waals surface area contributed by atoms with Gasteiger partial charge in [0.1, 0.15) is 11.6 Å². The molecular weight excluding hydrogens is 309 g/mol. The van der Waals surface area contributed by atoms with E-state index < -0.39 is 5.82 Å². The summed E-state index contributed by atoms with van der Waals surface area (Å²) in [5, 5.41) is 2.78. The number of rotatable bonds is 4. The van der Waals surface area contributed by atoms with Crippen LogP contribution in [0.5, 0.6) is 5.75 Å². The first-order chi connectivity index (χ1) is 11.7. The van der Waals surface area contributed by atoms with Crippen molar-refractivity contribution >= 4 is 11.7 Å². The molecule has 0 aliphatic carbocycles. The van der Waals surface area contributed by atoms with Gasteiger partial charge in [0.25, 0.3) is 0 Å². The Morgan fingerprint density at radius 3 is 2.83 bits per heavy atom.